The van der Waals surface area contributed by atoms with Crippen molar-refractivity contribution in [2.24, 2.45) is 0 Å². The second kappa shape index (κ2) is 5.50. The van der Waals surface area contributed by atoms with Crippen molar-refractivity contribution in [3.8, 4) is 0 Å². The maximum absolute atomic E-state index is 6.49. The van der Waals surface area contributed by atoms with Crippen molar-refractivity contribution in [3.05, 3.63) is 127 Å². The largest absolute Gasteiger partial charge is 0.397 e. The molecule has 0 saturated heterocycles. The van der Waals surface area contributed by atoms with Gasteiger partial charge in [-0.25, -0.2) is 0 Å². The number of nitrogens with two attached hydrogens (primary N) is 2. The normalized spacial score (nSPS) is 16.9. The van der Waals surface area contributed by atoms with E-state index in [1.54, 1.807) is 0 Å². The Morgan fingerprint density at radius 2 is 0.769 bits per heavy atom. The molecule has 2 heteroatoms. The molecule has 0 fully saturated rings. The van der Waals surface area contributed by atoms with Crippen molar-refractivity contribution in [1.29, 1.82) is 0 Å². The molecular formula is C24H18N2. The molecule has 5 rings (SSSR count). The fourth-order valence-corrected chi connectivity index (χ4v) is 3.99. The number of rotatable bonds is 0. The number of fused-ring (bicyclic) bond motifs is 4. The van der Waals surface area contributed by atoms with Gasteiger partial charge in [-0.05, 0) is 42.6 Å². The van der Waals surface area contributed by atoms with Crippen LogP contribution in [0.25, 0.3) is 0 Å². The second-order valence-electron chi connectivity index (χ2n) is 6.63. The molecule has 0 atom stereocenters. The van der Waals surface area contributed by atoms with Gasteiger partial charge in [-0.3, -0.25) is 0 Å². The van der Waals surface area contributed by atoms with Gasteiger partial charge in [0.2, 0.25) is 0 Å². The Morgan fingerprint density at radius 3 is 1.27 bits per heavy atom. The summed E-state index contributed by atoms with van der Waals surface area (Å²) in [5.41, 5.74) is 13.9. The summed E-state index contributed by atoms with van der Waals surface area (Å²) in [6.07, 6.45) is 0. The Labute approximate surface area is 150 Å². The minimum absolute atomic E-state index is 0.616. The predicted octanol–water partition coefficient (Wildman–Crippen LogP) is 4.31. The molecule has 0 spiro atoms. The Kier molecular flexibility index (Phi) is 3.13. The average molecular weight is 334 g/mol. The smallest absolute Gasteiger partial charge is 0.0633 e. The van der Waals surface area contributed by atoms with Gasteiger partial charge in [-0.15, -0.1) is 0 Å². The molecule has 0 aliphatic heterocycles. The van der Waals surface area contributed by atoms with Gasteiger partial charge in [0.25, 0.3) is 0 Å². The molecule has 2 nitrogen and oxygen atoms in total. The molecule has 4 aromatic carbocycles. The average Bonchev–Trinajstić information content (AvgIpc) is 2.69. The van der Waals surface area contributed by atoms with E-state index in [1.807, 2.05) is 6.07 Å². The van der Waals surface area contributed by atoms with Crippen LogP contribution in [0.15, 0.2) is 84.9 Å². The van der Waals surface area contributed by atoms with Crippen LogP contribution in [0, 0.1) is 41.7 Å². The van der Waals surface area contributed by atoms with Crippen molar-refractivity contribution >= 4 is 11.4 Å². The van der Waals surface area contributed by atoms with E-state index < -0.39 is 0 Å². The second-order valence-corrected chi connectivity index (χ2v) is 6.63. The minimum Gasteiger partial charge on any atom is -0.397 e. The summed E-state index contributed by atoms with van der Waals surface area (Å²) in [7, 11) is 0. The highest BCUT2D eigenvalue weighted by Crippen LogP contribution is 2.21. The lowest BCUT2D eigenvalue weighted by atomic mass is 10.0. The standard InChI is InChI=1S/C24H18N2/c25-22-14-13-21-19-11-4-3-9-17(19)15-7-1-2-8-16(15)18-10-5-6-12-20(18)23(21)24(22)26/h1-14H,25-26H2/b17-15-,18-16-,21-19-,23-20+. The van der Waals surface area contributed by atoms with Crippen LogP contribution in [-0.4, -0.2) is 0 Å². The molecule has 0 radical (unpaired) electrons. The molecule has 1 aliphatic rings. The van der Waals surface area contributed by atoms with Gasteiger partial charge < -0.3 is 11.5 Å². The lowest BCUT2D eigenvalue weighted by Gasteiger charge is -2.06. The van der Waals surface area contributed by atoms with Crippen molar-refractivity contribution < 1.29 is 0 Å². The summed E-state index contributed by atoms with van der Waals surface area (Å²) in [4.78, 5) is 0. The zero-order valence-electron chi connectivity index (χ0n) is 14.2. The van der Waals surface area contributed by atoms with E-state index >= 15 is 0 Å². The first kappa shape index (κ1) is 14.8. The third-order valence-electron chi connectivity index (χ3n) is 5.20. The zero-order valence-corrected chi connectivity index (χ0v) is 14.2. The Bertz CT molecular complexity index is 1550. The van der Waals surface area contributed by atoms with Crippen LogP contribution in [0.3, 0.4) is 0 Å². The molecule has 0 aromatic heterocycles. The Hall–Kier alpha value is -3.52. The van der Waals surface area contributed by atoms with Gasteiger partial charge in [0.1, 0.15) is 0 Å². The van der Waals surface area contributed by atoms with Gasteiger partial charge in [-0.2, -0.15) is 0 Å². The van der Waals surface area contributed by atoms with Crippen molar-refractivity contribution in [2.75, 3.05) is 11.5 Å². The van der Waals surface area contributed by atoms with Gasteiger partial charge in [0.05, 0.1) is 11.4 Å². The van der Waals surface area contributed by atoms with Gasteiger partial charge in [-0.1, -0.05) is 78.9 Å². The SMILES string of the molecule is Nc1ccc2/c(c1N)=c1/cccc/c1=c1\cccc\c1=c1/cccc/c1=2. The molecule has 4 aromatic rings. The van der Waals surface area contributed by atoms with Gasteiger partial charge >= 0.3 is 0 Å². The first-order valence-corrected chi connectivity index (χ1v) is 8.72. The van der Waals surface area contributed by atoms with E-state index in [0.29, 0.717) is 11.4 Å². The van der Waals surface area contributed by atoms with Gasteiger partial charge in [0.15, 0.2) is 0 Å². The lowest BCUT2D eigenvalue weighted by molar-refractivity contribution is 1.29. The molecule has 0 unspecified atom stereocenters. The van der Waals surface area contributed by atoms with Crippen LogP contribution in [0.5, 0.6) is 0 Å². The number of benzene rings is 4. The fourth-order valence-electron chi connectivity index (χ4n) is 3.99. The van der Waals surface area contributed by atoms with Crippen molar-refractivity contribution in [2.45, 2.75) is 0 Å². The monoisotopic (exact) mass is 334 g/mol. The Balaban J connectivity index is 2.48. The number of anilines is 2. The Morgan fingerprint density at radius 1 is 0.385 bits per heavy atom. The number of hydrogen-bond donors (Lipinski definition) is 2. The molecule has 0 bridgehead atoms. The predicted molar refractivity (Wildman–Crippen MR) is 105 cm³/mol. The fraction of sp³-hybridized carbons (Fsp3) is 0. The maximum Gasteiger partial charge on any atom is 0.0633 e. The highest BCUT2D eigenvalue weighted by molar-refractivity contribution is 5.64. The summed E-state index contributed by atoms with van der Waals surface area (Å²) in [5.74, 6) is 0. The summed E-state index contributed by atoms with van der Waals surface area (Å²) in [6.45, 7) is 0. The summed E-state index contributed by atoms with van der Waals surface area (Å²) in [6, 6.07) is 29.5. The topological polar surface area (TPSA) is 52.0 Å². The zero-order chi connectivity index (χ0) is 17.7. The van der Waals surface area contributed by atoms with Crippen LogP contribution in [-0.2, 0) is 0 Å². The van der Waals surface area contributed by atoms with Crippen LogP contribution >= 0.6 is 0 Å². The van der Waals surface area contributed by atoms with E-state index in [0.717, 1.165) is 15.7 Å². The maximum atomic E-state index is 6.49. The molecule has 4 N–H and O–H groups in total. The third kappa shape index (κ3) is 1.99. The molecule has 1 aliphatic carbocycles. The van der Waals surface area contributed by atoms with Crippen molar-refractivity contribution in [3.63, 3.8) is 0 Å². The van der Waals surface area contributed by atoms with E-state index in [9.17, 15) is 0 Å². The first-order chi connectivity index (χ1) is 12.8. The molecule has 124 valence electrons. The number of hydrogen-bond acceptors (Lipinski definition) is 2. The van der Waals surface area contributed by atoms with Gasteiger partial charge in [0, 0.05) is 5.22 Å². The molecule has 26 heavy (non-hydrogen) atoms. The molecular weight excluding hydrogens is 316 g/mol. The van der Waals surface area contributed by atoms with Crippen LogP contribution in [0.2, 0.25) is 0 Å². The molecule has 0 saturated carbocycles. The summed E-state index contributed by atoms with van der Waals surface area (Å²) in [5, 5.41) is 9.26. The van der Waals surface area contributed by atoms with E-state index in [4.69, 9.17) is 11.5 Å². The summed E-state index contributed by atoms with van der Waals surface area (Å²) >= 11 is 0. The van der Waals surface area contributed by atoms with E-state index in [-0.39, 0.29) is 0 Å². The lowest BCUT2D eigenvalue weighted by Crippen LogP contribution is -1.99. The molecule has 0 amide bonds. The first-order valence-electron chi connectivity index (χ1n) is 8.72. The third-order valence-corrected chi connectivity index (χ3v) is 5.20. The minimum atomic E-state index is 0.616. The molecule has 0 heterocycles. The van der Waals surface area contributed by atoms with Crippen LogP contribution < -0.4 is 11.5 Å². The quantitative estimate of drug-likeness (QED) is 0.415. The van der Waals surface area contributed by atoms with Crippen LogP contribution in [0.4, 0.5) is 11.4 Å². The number of nitrogen functional groups attached to an aromatic ring is 2. The van der Waals surface area contributed by atoms with Crippen molar-refractivity contribution in [1.82, 2.24) is 0 Å². The van der Waals surface area contributed by atoms with E-state index in [1.165, 1.54) is 26.1 Å². The highest BCUT2D eigenvalue weighted by atomic mass is 14.7. The van der Waals surface area contributed by atoms with E-state index in [2.05, 4.69) is 78.9 Å². The highest BCUT2D eigenvalue weighted by Gasteiger charge is 2.04. The van der Waals surface area contributed by atoms with Crippen LogP contribution in [0.1, 0.15) is 0 Å². The summed E-state index contributed by atoms with van der Waals surface area (Å²) < 4.78 is 0.